The molecule has 1 rings (SSSR count). The minimum atomic E-state index is -3.93. The van der Waals surface area contributed by atoms with Gasteiger partial charge >= 0.3 is 6.09 Å². The molecule has 0 radical (unpaired) electrons. The standard InChI is InChI=1S/C14H21NO6S/c1-14(2,3)21-13(17)15-9-11(16)10-20-22(18,19)12-7-5-4-6-8-12/h4-8,11,16H,9-10H2,1-3H3,(H,15,17). The van der Waals surface area contributed by atoms with Crippen LogP contribution in [0.1, 0.15) is 20.8 Å². The Hall–Kier alpha value is -1.64. The first kappa shape index (κ1) is 18.4. The van der Waals surface area contributed by atoms with Crippen LogP contribution in [0.2, 0.25) is 0 Å². The summed E-state index contributed by atoms with van der Waals surface area (Å²) >= 11 is 0. The summed E-state index contributed by atoms with van der Waals surface area (Å²) in [5.74, 6) is 0. The Balaban J connectivity index is 2.40. The molecule has 7 nitrogen and oxygen atoms in total. The van der Waals surface area contributed by atoms with Crippen LogP contribution >= 0.6 is 0 Å². The lowest BCUT2D eigenvalue weighted by atomic mass is 10.2. The summed E-state index contributed by atoms with van der Waals surface area (Å²) in [4.78, 5) is 11.4. The van der Waals surface area contributed by atoms with E-state index in [4.69, 9.17) is 8.92 Å². The zero-order valence-corrected chi connectivity index (χ0v) is 13.6. The number of benzene rings is 1. The molecule has 1 aromatic carbocycles. The molecule has 1 amide bonds. The van der Waals surface area contributed by atoms with E-state index in [-0.39, 0.29) is 11.4 Å². The van der Waals surface area contributed by atoms with Crippen molar-refractivity contribution in [3.8, 4) is 0 Å². The quantitative estimate of drug-likeness (QED) is 0.761. The van der Waals surface area contributed by atoms with Crippen LogP contribution < -0.4 is 5.32 Å². The molecule has 124 valence electrons. The van der Waals surface area contributed by atoms with E-state index < -0.39 is 34.5 Å². The van der Waals surface area contributed by atoms with E-state index in [1.54, 1.807) is 39.0 Å². The number of carbonyl (C=O) groups is 1. The topological polar surface area (TPSA) is 102 Å². The van der Waals surface area contributed by atoms with E-state index in [1.807, 2.05) is 0 Å². The normalized spacial score (nSPS) is 13.5. The van der Waals surface area contributed by atoms with Crippen LogP contribution in [0.25, 0.3) is 0 Å². The van der Waals surface area contributed by atoms with Crippen LogP contribution in [0.3, 0.4) is 0 Å². The number of ether oxygens (including phenoxy) is 1. The van der Waals surface area contributed by atoms with Crippen molar-refractivity contribution < 1.29 is 27.2 Å². The van der Waals surface area contributed by atoms with Gasteiger partial charge in [-0.3, -0.25) is 4.18 Å². The van der Waals surface area contributed by atoms with Gasteiger partial charge in [-0.1, -0.05) is 18.2 Å². The summed E-state index contributed by atoms with van der Waals surface area (Å²) in [6.45, 7) is 4.47. The Morgan fingerprint density at radius 2 is 1.86 bits per heavy atom. The van der Waals surface area contributed by atoms with Gasteiger partial charge in [0.2, 0.25) is 0 Å². The summed E-state index contributed by atoms with van der Waals surface area (Å²) in [7, 11) is -3.93. The summed E-state index contributed by atoms with van der Waals surface area (Å²) < 4.78 is 33.4. The molecule has 1 unspecified atom stereocenters. The van der Waals surface area contributed by atoms with E-state index in [9.17, 15) is 18.3 Å². The van der Waals surface area contributed by atoms with Crippen LogP contribution in [0.5, 0.6) is 0 Å². The lowest BCUT2D eigenvalue weighted by Gasteiger charge is -2.20. The van der Waals surface area contributed by atoms with Gasteiger partial charge in [-0.05, 0) is 32.9 Å². The lowest BCUT2D eigenvalue weighted by molar-refractivity contribution is 0.0466. The van der Waals surface area contributed by atoms with Gasteiger partial charge < -0.3 is 15.2 Å². The van der Waals surface area contributed by atoms with Crippen molar-refractivity contribution in [1.82, 2.24) is 5.32 Å². The number of rotatable bonds is 6. The highest BCUT2D eigenvalue weighted by Crippen LogP contribution is 2.11. The van der Waals surface area contributed by atoms with Gasteiger partial charge in [-0.15, -0.1) is 0 Å². The second kappa shape index (κ2) is 7.57. The fourth-order valence-corrected chi connectivity index (χ4v) is 2.36. The molecule has 2 N–H and O–H groups in total. The number of nitrogens with one attached hydrogen (secondary N) is 1. The maximum atomic E-state index is 11.8. The molecule has 0 aliphatic carbocycles. The third kappa shape index (κ3) is 6.88. The highest BCUT2D eigenvalue weighted by atomic mass is 32.2. The largest absolute Gasteiger partial charge is 0.444 e. The number of carbonyl (C=O) groups excluding carboxylic acids is 1. The molecule has 0 aliphatic rings. The first-order valence-electron chi connectivity index (χ1n) is 6.69. The van der Waals surface area contributed by atoms with E-state index in [0.717, 1.165) is 0 Å². The van der Waals surface area contributed by atoms with Gasteiger partial charge in [0.05, 0.1) is 17.6 Å². The van der Waals surface area contributed by atoms with Crippen LogP contribution in [0.4, 0.5) is 4.79 Å². The van der Waals surface area contributed by atoms with Crippen molar-refractivity contribution in [2.75, 3.05) is 13.2 Å². The maximum absolute atomic E-state index is 11.8. The van der Waals surface area contributed by atoms with Crippen molar-refractivity contribution in [3.63, 3.8) is 0 Å². The molecule has 0 heterocycles. The summed E-state index contributed by atoms with van der Waals surface area (Å²) in [5.41, 5.74) is -0.651. The van der Waals surface area contributed by atoms with Gasteiger partial charge in [-0.2, -0.15) is 8.42 Å². The van der Waals surface area contributed by atoms with Gasteiger partial charge in [0.15, 0.2) is 0 Å². The molecule has 0 saturated heterocycles. The minimum absolute atomic E-state index is 0.00213. The Labute approximate surface area is 130 Å². The summed E-state index contributed by atoms with van der Waals surface area (Å²) in [6.07, 6.45) is -1.87. The number of amides is 1. The maximum Gasteiger partial charge on any atom is 0.407 e. The first-order valence-corrected chi connectivity index (χ1v) is 8.10. The van der Waals surface area contributed by atoms with Crippen molar-refractivity contribution in [2.45, 2.75) is 37.4 Å². The van der Waals surface area contributed by atoms with E-state index in [2.05, 4.69) is 5.32 Å². The lowest BCUT2D eigenvalue weighted by Crippen LogP contribution is -2.38. The molecule has 1 aromatic rings. The van der Waals surface area contributed by atoms with Crippen molar-refractivity contribution in [3.05, 3.63) is 30.3 Å². The molecule has 8 heteroatoms. The average Bonchev–Trinajstić information content (AvgIpc) is 2.42. The fourth-order valence-electron chi connectivity index (χ4n) is 1.40. The van der Waals surface area contributed by atoms with Crippen LogP contribution in [0.15, 0.2) is 35.2 Å². The number of hydrogen-bond donors (Lipinski definition) is 2. The monoisotopic (exact) mass is 331 g/mol. The van der Waals surface area contributed by atoms with Crippen LogP contribution in [-0.4, -0.2) is 44.5 Å². The minimum Gasteiger partial charge on any atom is -0.444 e. The van der Waals surface area contributed by atoms with Crippen molar-refractivity contribution in [2.24, 2.45) is 0 Å². The average molecular weight is 331 g/mol. The molecule has 1 atom stereocenters. The fraction of sp³-hybridized carbons (Fsp3) is 0.500. The van der Waals surface area contributed by atoms with Crippen molar-refractivity contribution in [1.29, 1.82) is 0 Å². The zero-order valence-electron chi connectivity index (χ0n) is 12.8. The number of aliphatic hydroxyl groups is 1. The Morgan fingerprint density at radius 3 is 2.41 bits per heavy atom. The highest BCUT2D eigenvalue weighted by molar-refractivity contribution is 7.86. The van der Waals surface area contributed by atoms with Crippen LogP contribution in [-0.2, 0) is 19.0 Å². The zero-order chi connectivity index (χ0) is 16.8. The molecule has 22 heavy (non-hydrogen) atoms. The van der Waals surface area contributed by atoms with Gasteiger partial charge in [0.1, 0.15) is 5.60 Å². The predicted octanol–water partition coefficient (Wildman–Crippen LogP) is 1.28. The number of aliphatic hydroxyl groups excluding tert-OH is 1. The van der Waals surface area contributed by atoms with Gasteiger partial charge in [0, 0.05) is 6.54 Å². The molecule has 0 aromatic heterocycles. The van der Waals surface area contributed by atoms with Gasteiger partial charge in [0.25, 0.3) is 10.1 Å². The summed E-state index contributed by atoms with van der Waals surface area (Å²) in [6, 6.07) is 7.59. The molecular weight excluding hydrogens is 310 g/mol. The third-order valence-corrected chi connectivity index (χ3v) is 3.62. The van der Waals surface area contributed by atoms with E-state index in [0.29, 0.717) is 0 Å². The smallest absolute Gasteiger partial charge is 0.407 e. The first-order chi connectivity index (χ1) is 10.1. The summed E-state index contributed by atoms with van der Waals surface area (Å²) in [5, 5.41) is 12.0. The Kier molecular flexibility index (Phi) is 6.34. The SMILES string of the molecule is CC(C)(C)OC(=O)NCC(O)COS(=O)(=O)c1ccccc1. The number of hydrogen-bond acceptors (Lipinski definition) is 6. The van der Waals surface area contributed by atoms with E-state index in [1.165, 1.54) is 12.1 Å². The Bertz CT molecular complexity index is 579. The second-order valence-electron chi connectivity index (χ2n) is 5.59. The van der Waals surface area contributed by atoms with Crippen LogP contribution in [0, 0.1) is 0 Å². The Morgan fingerprint density at radius 1 is 1.27 bits per heavy atom. The second-order valence-corrected chi connectivity index (χ2v) is 7.20. The highest BCUT2D eigenvalue weighted by Gasteiger charge is 2.19. The van der Waals surface area contributed by atoms with Gasteiger partial charge in [-0.25, -0.2) is 4.79 Å². The molecule has 0 saturated carbocycles. The van der Waals surface area contributed by atoms with E-state index >= 15 is 0 Å². The molecule has 0 fully saturated rings. The molecule has 0 aliphatic heterocycles. The molecule has 0 spiro atoms. The van der Waals surface area contributed by atoms with Crippen molar-refractivity contribution >= 4 is 16.2 Å². The predicted molar refractivity (Wildman–Crippen MR) is 79.8 cm³/mol. The molecular formula is C14H21NO6S. The molecule has 0 bridgehead atoms. The number of alkyl carbamates (subject to hydrolysis) is 1. The third-order valence-electron chi connectivity index (χ3n) is 2.33.